The Bertz CT molecular complexity index is 164. The largest absolute Gasteiger partial charge is 0.329 e. The van der Waals surface area contributed by atoms with Crippen LogP contribution in [0.2, 0.25) is 0 Å². The highest BCUT2D eigenvalue weighted by atomic mass is 15.2. The van der Waals surface area contributed by atoms with Crippen LogP contribution in [0.15, 0.2) is 0 Å². The molecule has 0 aromatic rings. The maximum atomic E-state index is 5.73. The second-order valence-corrected chi connectivity index (χ2v) is 5.53. The van der Waals surface area contributed by atoms with Crippen molar-refractivity contribution < 1.29 is 0 Å². The highest BCUT2D eigenvalue weighted by molar-refractivity contribution is 4.77. The van der Waals surface area contributed by atoms with Gasteiger partial charge in [0.1, 0.15) is 0 Å². The molecule has 0 amide bonds. The van der Waals surface area contributed by atoms with Crippen LogP contribution < -0.4 is 5.73 Å². The van der Waals surface area contributed by atoms with E-state index in [-0.39, 0.29) is 0 Å². The summed E-state index contributed by atoms with van der Waals surface area (Å²) in [5, 5.41) is 0. The fourth-order valence-electron chi connectivity index (χ4n) is 3.01. The van der Waals surface area contributed by atoms with Crippen molar-refractivity contribution >= 4 is 0 Å². The normalized spacial score (nSPS) is 17.1. The number of nitrogens with zero attached hydrogens (tertiary/aromatic N) is 1. The average molecular weight is 240 g/mol. The average Bonchev–Trinajstić information content (AvgIpc) is 2.86. The second-order valence-electron chi connectivity index (χ2n) is 5.53. The third-order valence-corrected chi connectivity index (χ3v) is 4.06. The summed E-state index contributed by atoms with van der Waals surface area (Å²) in [5.41, 5.74) is 5.73. The van der Waals surface area contributed by atoms with Crippen molar-refractivity contribution in [3.05, 3.63) is 0 Å². The smallest absolute Gasteiger partial charge is 0.0108 e. The topological polar surface area (TPSA) is 29.3 Å². The van der Waals surface area contributed by atoms with Crippen LogP contribution in [0.5, 0.6) is 0 Å². The Balaban J connectivity index is 2.07. The Hall–Kier alpha value is -0.0800. The summed E-state index contributed by atoms with van der Waals surface area (Å²) in [4.78, 5) is 2.66. The van der Waals surface area contributed by atoms with Crippen LogP contribution in [0, 0.1) is 0 Å². The minimum absolute atomic E-state index is 0.826. The highest BCUT2D eigenvalue weighted by Crippen LogP contribution is 2.23. The molecule has 0 spiro atoms. The minimum atomic E-state index is 0.826. The highest BCUT2D eigenvalue weighted by Gasteiger charge is 2.21. The zero-order valence-corrected chi connectivity index (χ0v) is 11.8. The molecule has 102 valence electrons. The molecule has 2 heteroatoms. The summed E-state index contributed by atoms with van der Waals surface area (Å²) in [7, 11) is 0. The molecule has 2 N–H and O–H groups in total. The zero-order valence-electron chi connectivity index (χ0n) is 11.8. The van der Waals surface area contributed by atoms with E-state index in [9.17, 15) is 0 Å². The summed E-state index contributed by atoms with van der Waals surface area (Å²) in [6, 6.07) is 0.856. The SMILES string of the molecule is CCCCCCCCN(CCN)C1CCCC1. The Kier molecular flexibility index (Phi) is 8.72. The van der Waals surface area contributed by atoms with E-state index in [0.717, 1.165) is 19.1 Å². The molecule has 0 aromatic heterocycles. The monoisotopic (exact) mass is 240 g/mol. The van der Waals surface area contributed by atoms with E-state index in [0.29, 0.717) is 0 Å². The van der Waals surface area contributed by atoms with Crippen molar-refractivity contribution in [3.63, 3.8) is 0 Å². The first kappa shape index (κ1) is 15.0. The molecule has 2 nitrogen and oxygen atoms in total. The van der Waals surface area contributed by atoms with Crippen LogP contribution in [0.25, 0.3) is 0 Å². The van der Waals surface area contributed by atoms with Crippen molar-refractivity contribution in [1.29, 1.82) is 0 Å². The molecule has 0 unspecified atom stereocenters. The van der Waals surface area contributed by atoms with Gasteiger partial charge in [0, 0.05) is 19.1 Å². The molecule has 1 fully saturated rings. The fraction of sp³-hybridized carbons (Fsp3) is 1.00. The number of hydrogen-bond acceptors (Lipinski definition) is 2. The zero-order chi connectivity index (χ0) is 12.3. The van der Waals surface area contributed by atoms with E-state index in [1.807, 2.05) is 0 Å². The molecule has 0 radical (unpaired) electrons. The van der Waals surface area contributed by atoms with Crippen molar-refractivity contribution in [2.45, 2.75) is 77.2 Å². The van der Waals surface area contributed by atoms with Gasteiger partial charge in [-0.25, -0.2) is 0 Å². The molecule has 0 heterocycles. The fourth-order valence-corrected chi connectivity index (χ4v) is 3.01. The molecular formula is C15H32N2. The number of hydrogen-bond donors (Lipinski definition) is 1. The van der Waals surface area contributed by atoms with Gasteiger partial charge in [0.25, 0.3) is 0 Å². The lowest BCUT2D eigenvalue weighted by Gasteiger charge is -2.28. The van der Waals surface area contributed by atoms with E-state index in [1.165, 1.54) is 70.8 Å². The van der Waals surface area contributed by atoms with Crippen LogP contribution >= 0.6 is 0 Å². The van der Waals surface area contributed by atoms with Crippen molar-refractivity contribution in [2.75, 3.05) is 19.6 Å². The van der Waals surface area contributed by atoms with Crippen molar-refractivity contribution in [3.8, 4) is 0 Å². The van der Waals surface area contributed by atoms with Gasteiger partial charge in [-0.05, 0) is 25.8 Å². The molecule has 0 atom stereocenters. The van der Waals surface area contributed by atoms with Gasteiger partial charge in [-0.15, -0.1) is 0 Å². The molecule has 0 bridgehead atoms. The van der Waals surface area contributed by atoms with Gasteiger partial charge in [-0.3, -0.25) is 4.90 Å². The van der Waals surface area contributed by atoms with E-state index < -0.39 is 0 Å². The molecule has 1 saturated carbocycles. The Labute approximate surface area is 108 Å². The maximum Gasteiger partial charge on any atom is 0.0108 e. The van der Waals surface area contributed by atoms with Gasteiger partial charge in [-0.1, -0.05) is 51.9 Å². The van der Waals surface area contributed by atoms with Crippen LogP contribution in [0.4, 0.5) is 0 Å². The lowest BCUT2D eigenvalue weighted by Crippen LogP contribution is -2.37. The summed E-state index contributed by atoms with van der Waals surface area (Å²) < 4.78 is 0. The molecule has 1 aliphatic rings. The van der Waals surface area contributed by atoms with Crippen LogP contribution in [-0.2, 0) is 0 Å². The van der Waals surface area contributed by atoms with Gasteiger partial charge in [0.2, 0.25) is 0 Å². The Morgan fingerprint density at radius 3 is 2.24 bits per heavy atom. The van der Waals surface area contributed by atoms with Crippen molar-refractivity contribution in [1.82, 2.24) is 4.90 Å². The first-order valence-corrected chi connectivity index (χ1v) is 7.82. The molecule has 1 aliphatic carbocycles. The van der Waals surface area contributed by atoms with Gasteiger partial charge >= 0.3 is 0 Å². The summed E-state index contributed by atoms with van der Waals surface area (Å²) in [5.74, 6) is 0. The molecule has 17 heavy (non-hydrogen) atoms. The van der Waals surface area contributed by atoms with Gasteiger partial charge in [0.05, 0.1) is 0 Å². The summed E-state index contributed by atoms with van der Waals surface area (Å²) >= 11 is 0. The lowest BCUT2D eigenvalue weighted by molar-refractivity contribution is 0.199. The first-order chi connectivity index (χ1) is 8.38. The number of rotatable bonds is 10. The standard InChI is InChI=1S/C15H32N2/c1-2-3-4-5-6-9-13-17(14-12-16)15-10-7-8-11-15/h15H,2-14,16H2,1H3. The van der Waals surface area contributed by atoms with Gasteiger partial charge in [0.15, 0.2) is 0 Å². The maximum absolute atomic E-state index is 5.73. The minimum Gasteiger partial charge on any atom is -0.329 e. The van der Waals surface area contributed by atoms with E-state index >= 15 is 0 Å². The molecule has 0 aliphatic heterocycles. The second kappa shape index (κ2) is 9.90. The number of nitrogens with two attached hydrogens (primary N) is 1. The van der Waals surface area contributed by atoms with E-state index in [4.69, 9.17) is 5.73 Å². The van der Waals surface area contributed by atoms with Crippen LogP contribution in [0.3, 0.4) is 0 Å². The lowest BCUT2D eigenvalue weighted by atomic mass is 10.1. The van der Waals surface area contributed by atoms with Crippen LogP contribution in [-0.4, -0.2) is 30.6 Å². The molecule has 0 aromatic carbocycles. The number of unbranched alkanes of at least 4 members (excludes halogenated alkanes) is 5. The molecule has 0 saturated heterocycles. The Morgan fingerprint density at radius 2 is 1.59 bits per heavy atom. The summed E-state index contributed by atoms with van der Waals surface area (Å²) in [6.45, 7) is 5.50. The molecule has 1 rings (SSSR count). The first-order valence-electron chi connectivity index (χ1n) is 7.82. The van der Waals surface area contributed by atoms with E-state index in [2.05, 4.69) is 11.8 Å². The predicted molar refractivity (Wildman–Crippen MR) is 76.3 cm³/mol. The Morgan fingerprint density at radius 1 is 0.941 bits per heavy atom. The third-order valence-electron chi connectivity index (χ3n) is 4.06. The van der Waals surface area contributed by atoms with E-state index in [1.54, 1.807) is 0 Å². The van der Waals surface area contributed by atoms with Crippen LogP contribution in [0.1, 0.15) is 71.1 Å². The van der Waals surface area contributed by atoms with Crippen molar-refractivity contribution in [2.24, 2.45) is 5.73 Å². The third kappa shape index (κ3) is 6.42. The van der Waals surface area contributed by atoms with Gasteiger partial charge in [-0.2, -0.15) is 0 Å². The van der Waals surface area contributed by atoms with Gasteiger partial charge < -0.3 is 5.73 Å². The molecular weight excluding hydrogens is 208 g/mol. The predicted octanol–water partition coefficient (Wildman–Crippen LogP) is 3.55. The summed E-state index contributed by atoms with van der Waals surface area (Å²) in [6.07, 6.45) is 14.1. The quantitative estimate of drug-likeness (QED) is 0.592.